The molecule has 0 fully saturated rings. The maximum Gasteiger partial charge on any atom is 0.277 e. The number of hydrogen-bond donors (Lipinski definition) is 2. The van der Waals surface area contributed by atoms with Crippen molar-refractivity contribution in [2.24, 2.45) is 0 Å². The molecule has 142 valence electrons. The van der Waals surface area contributed by atoms with Crippen LogP contribution < -0.4 is 10.3 Å². The summed E-state index contributed by atoms with van der Waals surface area (Å²) in [7, 11) is 1.50. The second-order valence-electron chi connectivity index (χ2n) is 5.29. The zero-order chi connectivity index (χ0) is 19.3. The molecule has 0 aliphatic carbocycles. The maximum absolute atomic E-state index is 12.7. The SMILES string of the molecule is CCn1[nH]cc(C(=O)c2ccc(CS(=O)O)c(OCCOC)c2Cl)c1=O. The zero-order valence-corrected chi connectivity index (χ0v) is 15.9. The Morgan fingerprint density at radius 3 is 2.65 bits per heavy atom. The number of carbonyl (C=O) groups excluding carboxylic acids is 1. The molecule has 0 saturated carbocycles. The Balaban J connectivity index is 2.46. The molecule has 0 radical (unpaired) electrons. The van der Waals surface area contributed by atoms with E-state index in [1.807, 2.05) is 0 Å². The number of rotatable bonds is 9. The summed E-state index contributed by atoms with van der Waals surface area (Å²) >= 11 is 4.22. The maximum atomic E-state index is 12.7. The minimum atomic E-state index is -2.11. The fourth-order valence-electron chi connectivity index (χ4n) is 2.35. The van der Waals surface area contributed by atoms with Gasteiger partial charge in [-0.25, -0.2) is 4.21 Å². The Labute approximate surface area is 157 Å². The molecule has 0 saturated heterocycles. The van der Waals surface area contributed by atoms with Gasteiger partial charge >= 0.3 is 0 Å². The van der Waals surface area contributed by atoms with Crippen LogP contribution in [0.5, 0.6) is 5.75 Å². The lowest BCUT2D eigenvalue weighted by atomic mass is 10.0. The van der Waals surface area contributed by atoms with Crippen LogP contribution in [-0.4, -0.2) is 44.6 Å². The Morgan fingerprint density at radius 1 is 1.35 bits per heavy atom. The van der Waals surface area contributed by atoms with Crippen molar-refractivity contribution in [2.45, 2.75) is 19.2 Å². The first-order valence-corrected chi connectivity index (χ1v) is 9.39. The summed E-state index contributed by atoms with van der Waals surface area (Å²) in [5, 5.41) is 2.69. The summed E-state index contributed by atoms with van der Waals surface area (Å²) in [5.74, 6) is -0.636. The van der Waals surface area contributed by atoms with Crippen LogP contribution in [0.15, 0.2) is 23.1 Å². The highest BCUT2D eigenvalue weighted by Gasteiger charge is 2.23. The standard InChI is InChI=1S/C16H19ClN2O6S/c1-3-19-16(21)12(8-18-19)14(20)11-5-4-10(9-26(22)23)15(13(11)17)25-7-6-24-2/h4-5,8,18H,3,6-7,9H2,1-2H3,(H,22,23). The van der Waals surface area contributed by atoms with Crippen LogP contribution in [0.2, 0.25) is 5.02 Å². The van der Waals surface area contributed by atoms with Crippen molar-refractivity contribution in [3.05, 3.63) is 50.4 Å². The summed E-state index contributed by atoms with van der Waals surface area (Å²) in [4.78, 5) is 24.9. The van der Waals surface area contributed by atoms with Crippen molar-refractivity contribution >= 4 is 28.5 Å². The zero-order valence-electron chi connectivity index (χ0n) is 14.3. The van der Waals surface area contributed by atoms with Gasteiger partial charge in [0.2, 0.25) is 5.78 Å². The average molecular weight is 403 g/mol. The molecule has 2 rings (SSSR count). The van der Waals surface area contributed by atoms with Crippen molar-refractivity contribution in [3.8, 4) is 5.75 Å². The fourth-order valence-corrected chi connectivity index (χ4v) is 3.17. The third-order valence-electron chi connectivity index (χ3n) is 3.64. The number of hydrogen-bond acceptors (Lipinski definition) is 5. The molecule has 26 heavy (non-hydrogen) atoms. The quantitative estimate of drug-likeness (QED) is 0.376. The second-order valence-corrected chi connectivity index (χ2v) is 6.60. The van der Waals surface area contributed by atoms with Gasteiger partial charge in [0.05, 0.1) is 17.4 Å². The fraction of sp³-hybridized carbons (Fsp3) is 0.375. The molecular formula is C16H19ClN2O6S. The van der Waals surface area contributed by atoms with E-state index in [0.717, 1.165) is 0 Å². The highest BCUT2D eigenvalue weighted by molar-refractivity contribution is 7.78. The minimum Gasteiger partial charge on any atom is -0.489 e. The number of aryl methyl sites for hydroxylation is 1. The van der Waals surface area contributed by atoms with Crippen molar-refractivity contribution < 1.29 is 23.0 Å². The number of aromatic nitrogens is 2. The molecule has 2 N–H and O–H groups in total. The molecule has 1 heterocycles. The summed E-state index contributed by atoms with van der Waals surface area (Å²) in [6, 6.07) is 2.90. The predicted octanol–water partition coefficient (Wildman–Crippen LogP) is 1.83. The van der Waals surface area contributed by atoms with E-state index in [1.165, 1.54) is 30.1 Å². The summed E-state index contributed by atoms with van der Waals surface area (Å²) in [5.41, 5.74) is -0.0412. The Kier molecular flexibility index (Phi) is 7.15. The van der Waals surface area contributed by atoms with Crippen molar-refractivity contribution in [2.75, 3.05) is 20.3 Å². The molecule has 1 aromatic heterocycles. The minimum absolute atomic E-state index is 0.0160. The van der Waals surface area contributed by atoms with Crippen LogP contribution in [0, 0.1) is 0 Å². The van der Waals surface area contributed by atoms with Gasteiger partial charge < -0.3 is 19.1 Å². The van der Waals surface area contributed by atoms with Gasteiger partial charge in [-0.1, -0.05) is 17.7 Å². The van der Waals surface area contributed by atoms with E-state index >= 15 is 0 Å². The van der Waals surface area contributed by atoms with Gasteiger partial charge in [-0.15, -0.1) is 0 Å². The lowest BCUT2D eigenvalue weighted by Crippen LogP contribution is -2.21. The Morgan fingerprint density at radius 2 is 2.08 bits per heavy atom. The van der Waals surface area contributed by atoms with Crippen LogP contribution in [0.1, 0.15) is 28.4 Å². The van der Waals surface area contributed by atoms with Gasteiger partial charge in [0.25, 0.3) is 5.56 Å². The van der Waals surface area contributed by atoms with Crippen LogP contribution >= 0.6 is 11.6 Å². The first-order valence-electron chi connectivity index (χ1n) is 7.74. The summed E-state index contributed by atoms with van der Waals surface area (Å²) in [6.07, 6.45) is 1.33. The highest BCUT2D eigenvalue weighted by Crippen LogP contribution is 2.34. The van der Waals surface area contributed by atoms with E-state index in [-0.39, 0.29) is 40.9 Å². The molecule has 8 nitrogen and oxygen atoms in total. The van der Waals surface area contributed by atoms with Crippen LogP contribution in [0.25, 0.3) is 0 Å². The third-order valence-corrected chi connectivity index (χ3v) is 4.57. The smallest absolute Gasteiger partial charge is 0.277 e. The number of ketones is 1. The number of H-pyrrole nitrogens is 1. The third kappa shape index (κ3) is 4.42. The molecular weight excluding hydrogens is 384 g/mol. The lowest BCUT2D eigenvalue weighted by Gasteiger charge is -2.14. The second kappa shape index (κ2) is 9.13. The molecule has 0 amide bonds. The number of ether oxygens (including phenoxy) is 2. The number of nitrogens with zero attached hydrogens (tertiary/aromatic N) is 1. The van der Waals surface area contributed by atoms with Gasteiger partial charge in [-0.2, -0.15) is 0 Å². The molecule has 0 aliphatic heterocycles. The molecule has 1 aromatic carbocycles. The summed E-state index contributed by atoms with van der Waals surface area (Å²) < 4.78 is 32.1. The van der Waals surface area contributed by atoms with E-state index in [0.29, 0.717) is 12.1 Å². The number of benzene rings is 1. The van der Waals surface area contributed by atoms with Crippen LogP contribution in [0.4, 0.5) is 0 Å². The van der Waals surface area contributed by atoms with Gasteiger partial charge in [0.15, 0.2) is 11.1 Å². The number of halogens is 1. The first-order chi connectivity index (χ1) is 12.4. The average Bonchev–Trinajstić information content (AvgIpc) is 2.97. The normalized spacial score (nSPS) is 12.2. The van der Waals surface area contributed by atoms with E-state index in [1.54, 1.807) is 6.92 Å². The van der Waals surface area contributed by atoms with Gasteiger partial charge in [0.1, 0.15) is 17.9 Å². The van der Waals surface area contributed by atoms with Gasteiger partial charge in [-0.05, 0) is 13.0 Å². The molecule has 1 atom stereocenters. The molecule has 2 aromatic rings. The Bertz CT molecular complexity index is 876. The van der Waals surface area contributed by atoms with Crippen molar-refractivity contribution in [1.82, 2.24) is 9.78 Å². The van der Waals surface area contributed by atoms with Crippen molar-refractivity contribution in [1.29, 1.82) is 0 Å². The molecule has 0 spiro atoms. The van der Waals surface area contributed by atoms with Crippen molar-refractivity contribution in [3.63, 3.8) is 0 Å². The van der Waals surface area contributed by atoms with Gasteiger partial charge in [-0.3, -0.25) is 14.3 Å². The van der Waals surface area contributed by atoms with E-state index in [9.17, 15) is 13.8 Å². The first kappa shape index (κ1) is 20.4. The van der Waals surface area contributed by atoms with E-state index in [4.69, 9.17) is 25.6 Å². The lowest BCUT2D eigenvalue weighted by molar-refractivity contribution is 0.103. The number of methoxy groups -OCH3 is 1. The highest BCUT2D eigenvalue weighted by atomic mass is 35.5. The Hall–Kier alpha value is -1.94. The topological polar surface area (TPSA) is 111 Å². The monoisotopic (exact) mass is 402 g/mol. The molecule has 1 unspecified atom stereocenters. The molecule has 0 bridgehead atoms. The number of aromatic amines is 1. The van der Waals surface area contributed by atoms with E-state index in [2.05, 4.69) is 5.10 Å². The number of nitrogens with one attached hydrogen (secondary N) is 1. The number of carbonyl (C=O) groups is 1. The predicted molar refractivity (Wildman–Crippen MR) is 97.5 cm³/mol. The largest absolute Gasteiger partial charge is 0.489 e. The van der Waals surface area contributed by atoms with E-state index < -0.39 is 22.4 Å². The molecule has 10 heteroatoms. The van der Waals surface area contributed by atoms with Crippen LogP contribution in [-0.2, 0) is 28.1 Å². The summed E-state index contributed by atoms with van der Waals surface area (Å²) in [6.45, 7) is 2.58. The van der Waals surface area contributed by atoms with Crippen LogP contribution in [0.3, 0.4) is 0 Å². The van der Waals surface area contributed by atoms with Gasteiger partial charge in [0, 0.05) is 31.0 Å². The molecule has 0 aliphatic rings.